The molecule has 58 heavy (non-hydrogen) atoms. The van der Waals surface area contributed by atoms with E-state index in [0.29, 0.717) is 22.5 Å². The number of rotatable bonds is 11. The van der Waals surface area contributed by atoms with Gasteiger partial charge >= 0.3 is 12.2 Å². The van der Waals surface area contributed by atoms with Gasteiger partial charge in [-0.25, -0.2) is 9.59 Å². The standard InChI is InChI=1S/C42H40N6O10/c1-57-41(55)45-35(27-9-5-3-6-10-27)39(53)47-23-31(49)21-33(47)37(51)43-29-17-13-25(14-18-29)26-15-19-30(20-16-26)44-38(52)34-22-32(50)24-48(34)40(54)36(46-42(56)58-2)28-11-7-4-8-12-28/h3-20,33-36H,21-24H2,1-2H3,(H,43,51)(H,44,52)(H,45,55)(H,46,56)/t33-,34-,35+,36+/m0/s1. The summed E-state index contributed by atoms with van der Waals surface area (Å²) >= 11 is 0. The largest absolute Gasteiger partial charge is 0.453 e. The van der Waals surface area contributed by atoms with Crippen molar-refractivity contribution in [3.05, 3.63) is 120 Å². The predicted molar refractivity (Wildman–Crippen MR) is 209 cm³/mol. The lowest BCUT2D eigenvalue weighted by Crippen LogP contribution is -2.48. The van der Waals surface area contributed by atoms with E-state index in [-0.39, 0.29) is 37.5 Å². The summed E-state index contributed by atoms with van der Waals surface area (Å²) in [5, 5.41) is 10.5. The van der Waals surface area contributed by atoms with Crippen LogP contribution in [0.1, 0.15) is 36.1 Å². The third-order valence-electron chi connectivity index (χ3n) is 9.75. The number of hydrogen-bond acceptors (Lipinski definition) is 10. The number of nitrogens with zero attached hydrogens (tertiary/aromatic N) is 2. The minimum Gasteiger partial charge on any atom is -0.453 e. The molecule has 0 unspecified atom stereocenters. The van der Waals surface area contributed by atoms with Gasteiger partial charge in [0.05, 0.1) is 27.3 Å². The monoisotopic (exact) mass is 788 g/mol. The molecule has 4 aromatic rings. The van der Waals surface area contributed by atoms with Crippen LogP contribution >= 0.6 is 0 Å². The number of benzene rings is 4. The number of ether oxygens (including phenoxy) is 2. The van der Waals surface area contributed by atoms with Crippen molar-refractivity contribution in [1.82, 2.24) is 20.4 Å². The molecule has 4 aromatic carbocycles. The topological polar surface area (TPSA) is 210 Å². The van der Waals surface area contributed by atoms with Gasteiger partial charge in [0.2, 0.25) is 11.8 Å². The molecule has 2 aliphatic rings. The van der Waals surface area contributed by atoms with Crippen LogP contribution in [0.3, 0.4) is 0 Å². The predicted octanol–water partition coefficient (Wildman–Crippen LogP) is 3.77. The fraction of sp³-hybridized carbons (Fsp3) is 0.238. The molecule has 0 radical (unpaired) electrons. The third-order valence-corrected chi connectivity index (χ3v) is 9.75. The number of hydrogen-bond donors (Lipinski definition) is 4. The highest BCUT2D eigenvalue weighted by Gasteiger charge is 2.43. The summed E-state index contributed by atoms with van der Waals surface area (Å²) in [4.78, 5) is 106. The van der Waals surface area contributed by atoms with E-state index in [1.165, 1.54) is 0 Å². The maximum atomic E-state index is 13.7. The van der Waals surface area contributed by atoms with Crippen LogP contribution in [0.2, 0.25) is 0 Å². The lowest BCUT2D eigenvalue weighted by molar-refractivity contribution is -0.138. The van der Waals surface area contributed by atoms with E-state index in [4.69, 9.17) is 9.47 Å². The molecule has 6 amide bonds. The van der Waals surface area contributed by atoms with Crippen molar-refractivity contribution in [3.8, 4) is 11.1 Å². The Hall–Kier alpha value is -7.36. The van der Waals surface area contributed by atoms with Gasteiger partial charge in [-0.05, 0) is 46.5 Å². The van der Waals surface area contributed by atoms with Crippen LogP contribution in [-0.4, -0.2) is 96.6 Å². The lowest BCUT2D eigenvalue weighted by atomic mass is 10.0. The maximum absolute atomic E-state index is 13.7. The number of ketones is 2. The molecular weight excluding hydrogens is 748 g/mol. The average molecular weight is 789 g/mol. The molecule has 4 N–H and O–H groups in total. The molecular formula is C42H40N6O10. The van der Waals surface area contributed by atoms with Gasteiger partial charge in [0.25, 0.3) is 11.8 Å². The Morgan fingerprint density at radius 2 is 0.879 bits per heavy atom. The molecule has 4 atom stereocenters. The van der Waals surface area contributed by atoms with Crippen molar-refractivity contribution < 1.29 is 47.8 Å². The SMILES string of the molecule is COC(=O)N[C@@H](C(=O)N1CC(=O)C[C@H]1C(=O)Nc1ccc(-c2ccc(NC(=O)[C@@H]3CC(=O)CN3C(=O)[C@H](NC(=O)OC)c3ccccc3)cc2)cc1)c1ccccc1. The number of methoxy groups -OCH3 is 2. The Morgan fingerprint density at radius 1 is 0.534 bits per heavy atom. The summed E-state index contributed by atoms with van der Waals surface area (Å²) in [5.74, 6) is -3.02. The van der Waals surface area contributed by atoms with E-state index >= 15 is 0 Å². The van der Waals surface area contributed by atoms with Gasteiger partial charge in [0.1, 0.15) is 24.2 Å². The van der Waals surface area contributed by atoms with Gasteiger partial charge in [-0.1, -0.05) is 84.9 Å². The second kappa shape index (κ2) is 18.1. The Labute approximate surface area is 332 Å². The van der Waals surface area contributed by atoms with Gasteiger partial charge < -0.3 is 40.5 Å². The molecule has 6 rings (SSSR count). The van der Waals surface area contributed by atoms with Gasteiger partial charge in [-0.2, -0.15) is 0 Å². The first-order valence-electron chi connectivity index (χ1n) is 18.2. The minimum atomic E-state index is -1.19. The first kappa shape index (κ1) is 40.3. The fourth-order valence-corrected chi connectivity index (χ4v) is 6.81. The molecule has 0 aliphatic carbocycles. The van der Waals surface area contributed by atoms with E-state index in [1.807, 2.05) is 0 Å². The Kier molecular flexibility index (Phi) is 12.6. The van der Waals surface area contributed by atoms with E-state index in [1.54, 1.807) is 109 Å². The Bertz CT molecular complexity index is 2040. The number of Topliss-reactive ketones (excluding diaryl/α,β-unsaturated/α-hetero) is 2. The van der Waals surface area contributed by atoms with Crippen LogP contribution in [0.5, 0.6) is 0 Å². The number of carbonyl (C=O) groups is 8. The molecule has 0 saturated carbocycles. The van der Waals surface area contributed by atoms with Gasteiger partial charge in [-0.15, -0.1) is 0 Å². The highest BCUT2D eigenvalue weighted by Crippen LogP contribution is 2.28. The van der Waals surface area contributed by atoms with Crippen molar-refractivity contribution in [2.24, 2.45) is 0 Å². The van der Waals surface area contributed by atoms with Gasteiger partial charge in [0.15, 0.2) is 11.6 Å². The van der Waals surface area contributed by atoms with Crippen LogP contribution in [0.15, 0.2) is 109 Å². The fourth-order valence-electron chi connectivity index (χ4n) is 6.81. The smallest absolute Gasteiger partial charge is 0.407 e. The first-order chi connectivity index (χ1) is 27.9. The number of alkyl carbamates (subject to hydrolysis) is 2. The molecule has 298 valence electrons. The highest BCUT2D eigenvalue weighted by atomic mass is 16.5. The lowest BCUT2D eigenvalue weighted by Gasteiger charge is -2.28. The summed E-state index contributed by atoms with van der Waals surface area (Å²) in [6, 6.07) is 26.0. The number of anilines is 2. The molecule has 2 saturated heterocycles. The summed E-state index contributed by atoms with van der Waals surface area (Å²) in [6.07, 6.45) is -2.07. The van der Waals surface area contributed by atoms with E-state index in [2.05, 4.69) is 21.3 Å². The first-order valence-corrected chi connectivity index (χ1v) is 18.2. The van der Waals surface area contributed by atoms with Crippen molar-refractivity contribution in [3.63, 3.8) is 0 Å². The number of likely N-dealkylation sites (tertiary alicyclic amines) is 2. The number of carbonyl (C=O) groups excluding carboxylic acids is 8. The van der Waals surface area contributed by atoms with Crippen LogP contribution in [0.25, 0.3) is 11.1 Å². The minimum absolute atomic E-state index is 0.190. The van der Waals surface area contributed by atoms with Crippen molar-refractivity contribution >= 4 is 58.8 Å². The summed E-state index contributed by atoms with van der Waals surface area (Å²) in [6.45, 7) is -0.589. The van der Waals surface area contributed by atoms with E-state index < -0.39 is 60.0 Å². The maximum Gasteiger partial charge on any atom is 0.407 e. The number of amides is 6. The van der Waals surface area contributed by atoms with Crippen molar-refractivity contribution in [1.29, 1.82) is 0 Å². The third kappa shape index (κ3) is 9.35. The second-order valence-corrected chi connectivity index (χ2v) is 13.5. The van der Waals surface area contributed by atoms with Crippen LogP contribution < -0.4 is 21.3 Å². The van der Waals surface area contributed by atoms with Crippen molar-refractivity contribution in [2.45, 2.75) is 37.0 Å². The van der Waals surface area contributed by atoms with E-state index in [9.17, 15) is 38.4 Å². The van der Waals surface area contributed by atoms with Gasteiger partial charge in [-0.3, -0.25) is 28.8 Å². The molecule has 2 aliphatic heterocycles. The zero-order chi connectivity index (χ0) is 41.3. The second-order valence-electron chi connectivity index (χ2n) is 13.5. The summed E-state index contributed by atoms with van der Waals surface area (Å²) in [7, 11) is 2.33. The van der Waals surface area contributed by atoms with Crippen molar-refractivity contribution in [2.75, 3.05) is 37.9 Å². The molecule has 0 bridgehead atoms. The summed E-state index contributed by atoms with van der Waals surface area (Å²) < 4.78 is 9.39. The number of nitrogens with one attached hydrogen (secondary N) is 4. The zero-order valence-corrected chi connectivity index (χ0v) is 31.5. The quantitative estimate of drug-likeness (QED) is 0.173. The van der Waals surface area contributed by atoms with Gasteiger partial charge in [0, 0.05) is 24.2 Å². The molecule has 0 aromatic heterocycles. The molecule has 16 heteroatoms. The summed E-state index contributed by atoms with van der Waals surface area (Å²) in [5.41, 5.74) is 3.28. The van der Waals surface area contributed by atoms with Crippen LogP contribution in [0, 0.1) is 0 Å². The molecule has 2 heterocycles. The van der Waals surface area contributed by atoms with E-state index in [0.717, 1.165) is 35.1 Å². The Morgan fingerprint density at radius 3 is 1.21 bits per heavy atom. The zero-order valence-electron chi connectivity index (χ0n) is 31.5. The normalized spacial score (nSPS) is 17.1. The van der Waals surface area contributed by atoms with Crippen LogP contribution in [0.4, 0.5) is 21.0 Å². The highest BCUT2D eigenvalue weighted by molar-refractivity contribution is 6.06. The Balaban J connectivity index is 1.09. The average Bonchev–Trinajstić information content (AvgIpc) is 3.85. The van der Waals surface area contributed by atoms with Crippen LogP contribution in [-0.2, 0) is 38.2 Å². The molecule has 0 spiro atoms. The molecule has 2 fully saturated rings. The molecule has 16 nitrogen and oxygen atoms in total.